The number of hydroxylamine groups is 6. The first-order valence-corrected chi connectivity index (χ1v) is 15.8. The number of quaternary nitrogens is 2. The predicted molar refractivity (Wildman–Crippen MR) is 168 cm³/mol. The molecule has 0 N–H and O–H groups in total. The van der Waals surface area contributed by atoms with Gasteiger partial charge in [0.25, 0.3) is 12.5 Å². The van der Waals surface area contributed by atoms with Gasteiger partial charge in [-0.05, 0) is 55.1 Å². The third-order valence-corrected chi connectivity index (χ3v) is 7.56. The second-order valence-corrected chi connectivity index (χ2v) is 12.4. The van der Waals surface area contributed by atoms with E-state index in [9.17, 15) is 57.6 Å². The van der Waals surface area contributed by atoms with E-state index < -0.39 is 45.9 Å². The van der Waals surface area contributed by atoms with Gasteiger partial charge >= 0.3 is 32.1 Å². The van der Waals surface area contributed by atoms with E-state index in [-0.39, 0.29) is 50.2 Å². The number of hydrogen-bond donors (Lipinski definition) is 0. The second kappa shape index (κ2) is 17.6. The van der Waals surface area contributed by atoms with Gasteiger partial charge in [0.15, 0.2) is 0 Å². The van der Waals surface area contributed by atoms with Gasteiger partial charge < -0.3 is 50.7 Å². The molecule has 0 amide bonds. The van der Waals surface area contributed by atoms with Crippen molar-refractivity contribution in [2.75, 3.05) is 13.3 Å². The Morgan fingerprint density at radius 2 is 0.960 bits per heavy atom. The first kappa shape index (κ1) is 42.6. The zero-order valence-corrected chi connectivity index (χ0v) is 29.0. The van der Waals surface area contributed by atoms with Crippen LogP contribution in [-0.4, -0.2) is 58.1 Å². The molecule has 0 bridgehead atoms. The molecule has 2 atom stereocenters. The summed E-state index contributed by atoms with van der Waals surface area (Å²) >= 11 is 0. The average molecular weight is 905 g/mol. The van der Waals surface area contributed by atoms with E-state index >= 15 is 0 Å². The van der Waals surface area contributed by atoms with Gasteiger partial charge in [0.1, 0.15) is 11.1 Å². The third kappa shape index (κ3) is 12.3. The summed E-state index contributed by atoms with van der Waals surface area (Å²) < 4.78 is 85.5. The summed E-state index contributed by atoms with van der Waals surface area (Å²) in [7, 11) is 0.104. The first-order valence-electron chi connectivity index (χ1n) is 13.6. The number of nitrogens with zero attached hydrogens (tertiary/aromatic N) is 4. The van der Waals surface area contributed by atoms with Crippen LogP contribution in [0.3, 0.4) is 0 Å². The number of rotatable bonds is 5. The van der Waals surface area contributed by atoms with Gasteiger partial charge in [-0.3, -0.25) is 9.97 Å². The van der Waals surface area contributed by atoms with Crippen molar-refractivity contribution in [3.63, 3.8) is 0 Å². The first-order chi connectivity index (χ1) is 22.7. The zero-order chi connectivity index (χ0) is 36.6. The molecule has 1 aromatic carbocycles. The summed E-state index contributed by atoms with van der Waals surface area (Å²) in [6, 6.07) is 19.6. The van der Waals surface area contributed by atoms with Crippen molar-refractivity contribution in [3.8, 4) is 0 Å². The van der Waals surface area contributed by atoms with Crippen LogP contribution in [-0.2, 0) is 29.3 Å². The van der Waals surface area contributed by atoms with Crippen LogP contribution in [0, 0.1) is 31.2 Å². The molecule has 268 valence electrons. The number of hydrogen-bond acceptors (Lipinski definition) is 10. The Morgan fingerprint density at radius 3 is 1.22 bits per heavy atom. The second-order valence-electron chi connectivity index (χ2n) is 10.1. The predicted octanol–water partition coefficient (Wildman–Crippen LogP) is 7.21. The molecular formula is C30H25F6N4O8OsP. The molecule has 50 heavy (non-hydrogen) atoms. The SMILES string of the molecule is CP(C)c1ccccc1.[O-][N+]([O-])([O-])C1OC=C(c2ccccn2)C=C1C(F)(F)F.[O-][N+]([O-])([O-])C1OC=C(c2ccccn2)C=C1C(F)(F)F.[Os+4]. The van der Waals surface area contributed by atoms with E-state index in [1.165, 1.54) is 42.0 Å². The van der Waals surface area contributed by atoms with E-state index in [2.05, 4.69) is 63.1 Å². The van der Waals surface area contributed by atoms with Gasteiger partial charge in [0.05, 0.1) is 23.9 Å². The van der Waals surface area contributed by atoms with Gasteiger partial charge in [-0.25, -0.2) is 0 Å². The van der Waals surface area contributed by atoms with Crippen molar-refractivity contribution >= 4 is 24.4 Å². The van der Waals surface area contributed by atoms with Crippen LogP contribution >= 0.6 is 7.92 Å². The van der Waals surface area contributed by atoms with Crippen molar-refractivity contribution in [2.45, 2.75) is 24.8 Å². The molecule has 0 radical (unpaired) electrons. The molecule has 2 unspecified atom stereocenters. The summed E-state index contributed by atoms with van der Waals surface area (Å²) in [6.07, 6.45) is -10.4. The number of alkyl halides is 6. The maximum atomic E-state index is 12.8. The van der Waals surface area contributed by atoms with E-state index in [0.29, 0.717) is 12.2 Å². The smallest absolute Gasteiger partial charge is 0.627 e. The van der Waals surface area contributed by atoms with Crippen molar-refractivity contribution in [1.82, 2.24) is 9.97 Å². The standard InChI is InChI=1S/2C11H7F3N2O4.C8H11P.Os/c2*12-11(13,14)8-5-7(9-3-1-2-4-15-9)6-20-10(8)16(17,18)19;1-9(2)8-6-4-3-5-7-8;/h2*1-6,10H;3-7H,1-2H3;/q2*-2;;+4. The Hall–Kier alpha value is -3.59. The molecule has 3 aromatic rings. The van der Waals surface area contributed by atoms with E-state index in [0.717, 1.165) is 12.5 Å². The summed E-state index contributed by atoms with van der Waals surface area (Å²) in [4.78, 5) is 0.163. The number of ether oxygens (including phenoxy) is 2. The van der Waals surface area contributed by atoms with Crippen LogP contribution in [0.15, 0.2) is 115 Å². The molecule has 5 rings (SSSR count). The minimum atomic E-state index is -5.04. The van der Waals surface area contributed by atoms with Crippen LogP contribution in [0.1, 0.15) is 11.4 Å². The fourth-order valence-electron chi connectivity index (χ4n) is 3.96. The van der Waals surface area contributed by atoms with Gasteiger partial charge in [0, 0.05) is 23.5 Å². The molecule has 4 heterocycles. The fraction of sp³-hybridized carbons (Fsp3) is 0.200. The summed E-state index contributed by atoms with van der Waals surface area (Å²) in [5.41, 5.74) is -3.17. The molecule has 20 heteroatoms. The molecule has 0 aliphatic carbocycles. The van der Waals surface area contributed by atoms with Crippen molar-refractivity contribution < 1.29 is 65.6 Å². The third-order valence-electron chi connectivity index (χ3n) is 6.22. The van der Waals surface area contributed by atoms with Crippen molar-refractivity contribution in [3.05, 3.63) is 158 Å². The van der Waals surface area contributed by atoms with Crippen LogP contribution in [0.2, 0.25) is 0 Å². The zero-order valence-electron chi connectivity index (χ0n) is 25.6. The molecule has 2 aliphatic rings. The molecule has 0 fully saturated rings. The molecule has 2 aliphatic heterocycles. The largest absolute Gasteiger partial charge is 4.00 e. The van der Waals surface area contributed by atoms with Crippen LogP contribution in [0.4, 0.5) is 26.3 Å². The molecule has 0 saturated heterocycles. The molecule has 0 saturated carbocycles. The van der Waals surface area contributed by atoms with Gasteiger partial charge in [-0.2, -0.15) is 26.3 Å². The van der Waals surface area contributed by atoms with Crippen LogP contribution in [0.25, 0.3) is 11.1 Å². The van der Waals surface area contributed by atoms with E-state index in [4.69, 9.17) is 0 Å². The maximum Gasteiger partial charge on any atom is 4.00 e. The Bertz CT molecular complexity index is 1550. The Labute approximate surface area is 295 Å². The Balaban J connectivity index is 0.000000275. The minimum absolute atomic E-state index is 0. The average Bonchev–Trinajstić information content (AvgIpc) is 3.04. The van der Waals surface area contributed by atoms with Crippen LogP contribution in [0.5, 0.6) is 0 Å². The minimum Gasteiger partial charge on any atom is -0.627 e. The summed E-state index contributed by atoms with van der Waals surface area (Å²) in [5.74, 6) is 0. The Kier molecular flexibility index (Phi) is 15.0. The van der Waals surface area contributed by atoms with Gasteiger partial charge in [-0.15, -0.1) is 0 Å². The Morgan fingerprint density at radius 1 is 0.600 bits per heavy atom. The van der Waals surface area contributed by atoms with Gasteiger partial charge in [0.2, 0.25) is 0 Å². The van der Waals surface area contributed by atoms with E-state index in [1.54, 1.807) is 12.1 Å². The summed E-state index contributed by atoms with van der Waals surface area (Å²) in [6.45, 7) is 4.54. The monoisotopic (exact) mass is 906 g/mol. The topological polar surface area (TPSA) is 183 Å². The van der Waals surface area contributed by atoms with Crippen molar-refractivity contribution in [1.29, 1.82) is 0 Å². The normalized spacial score (nSPS) is 17.8. The summed E-state index contributed by atoms with van der Waals surface area (Å²) in [5, 5.41) is 65.5. The molecule has 0 spiro atoms. The number of allylic oxidation sites excluding steroid dienone is 4. The maximum absolute atomic E-state index is 12.8. The van der Waals surface area contributed by atoms with Crippen molar-refractivity contribution in [2.24, 2.45) is 0 Å². The number of benzene rings is 1. The molecule has 2 aromatic heterocycles. The number of pyridine rings is 2. The molecular weight excluding hydrogens is 880 g/mol. The quantitative estimate of drug-likeness (QED) is 0.110. The molecule has 12 nitrogen and oxygen atoms in total. The number of aromatic nitrogens is 2. The number of halogens is 6. The van der Waals surface area contributed by atoms with Crippen LogP contribution < -0.4 is 5.30 Å². The van der Waals surface area contributed by atoms with E-state index in [1.807, 2.05) is 0 Å². The van der Waals surface area contributed by atoms with Gasteiger partial charge in [-0.1, -0.05) is 50.4 Å². The fourth-order valence-corrected chi connectivity index (χ4v) is 4.73.